The summed E-state index contributed by atoms with van der Waals surface area (Å²) in [5, 5.41) is 0.676. The lowest BCUT2D eigenvalue weighted by Crippen LogP contribution is -2.38. The van der Waals surface area contributed by atoms with Gasteiger partial charge in [-0.05, 0) is 41.8 Å². The van der Waals surface area contributed by atoms with Gasteiger partial charge in [-0.2, -0.15) is 4.98 Å². The van der Waals surface area contributed by atoms with Gasteiger partial charge in [-0.3, -0.25) is 18.7 Å². The van der Waals surface area contributed by atoms with Gasteiger partial charge in [0.15, 0.2) is 11.2 Å². The molecule has 0 bridgehead atoms. The van der Waals surface area contributed by atoms with E-state index in [1.54, 1.807) is 12.1 Å². The van der Waals surface area contributed by atoms with Crippen LogP contribution in [0.25, 0.3) is 11.2 Å². The first-order valence-electron chi connectivity index (χ1n) is 9.42. The molecule has 0 unspecified atom stereocenters. The van der Waals surface area contributed by atoms with E-state index in [9.17, 15) is 14.4 Å². The second-order valence-corrected chi connectivity index (χ2v) is 7.55. The Morgan fingerprint density at radius 2 is 1.55 bits per heavy atom. The second kappa shape index (κ2) is 7.88. The highest BCUT2D eigenvalue weighted by atomic mass is 35.5. The van der Waals surface area contributed by atoms with E-state index in [4.69, 9.17) is 16.3 Å². The number of carbonyl (C=O) groups is 1. The molecule has 2 heterocycles. The van der Waals surface area contributed by atoms with Gasteiger partial charge in [0.2, 0.25) is 0 Å². The molecule has 2 aromatic heterocycles. The van der Waals surface area contributed by atoms with Crippen LogP contribution < -0.4 is 16.0 Å². The molecule has 9 heteroatoms. The third kappa shape index (κ3) is 3.55. The molecule has 4 rings (SSSR count). The summed E-state index contributed by atoms with van der Waals surface area (Å²) in [6, 6.07) is 14.6. The van der Waals surface area contributed by atoms with Crippen LogP contribution in [-0.2, 0) is 20.5 Å². The first kappa shape index (κ1) is 20.6. The molecule has 158 valence electrons. The monoisotopic (exact) mass is 438 g/mol. The lowest BCUT2D eigenvalue weighted by atomic mass is 10.0. The minimum absolute atomic E-state index is 0.0170. The summed E-state index contributed by atoms with van der Waals surface area (Å²) in [6.07, 6.45) is 0.686. The van der Waals surface area contributed by atoms with E-state index in [1.807, 2.05) is 36.4 Å². The van der Waals surface area contributed by atoms with Crippen molar-refractivity contribution < 1.29 is 9.53 Å². The van der Waals surface area contributed by atoms with Crippen molar-refractivity contribution >= 4 is 28.7 Å². The van der Waals surface area contributed by atoms with E-state index in [1.165, 1.54) is 25.8 Å². The molecule has 0 atom stereocenters. The molecule has 0 saturated heterocycles. The first-order valence-corrected chi connectivity index (χ1v) is 9.80. The Balaban J connectivity index is 1.75. The van der Waals surface area contributed by atoms with E-state index >= 15 is 0 Å². The van der Waals surface area contributed by atoms with Gasteiger partial charge in [-0.15, -0.1) is 0 Å². The highest BCUT2D eigenvalue weighted by Gasteiger charge is 2.24. The molecule has 0 N–H and O–H groups in total. The summed E-state index contributed by atoms with van der Waals surface area (Å²) in [4.78, 5) is 42.4. The van der Waals surface area contributed by atoms with Crippen LogP contribution in [0.1, 0.15) is 21.5 Å². The number of aryl methyl sites for hydroxylation is 1. The topological polar surface area (TPSA) is 88.1 Å². The number of fused-ring (bicyclic) bond motifs is 1. The van der Waals surface area contributed by atoms with Crippen molar-refractivity contribution in [2.24, 2.45) is 14.1 Å². The first-order chi connectivity index (χ1) is 14.8. The van der Waals surface area contributed by atoms with Crippen LogP contribution >= 0.6 is 11.6 Å². The number of carbonyl (C=O) groups excluding carboxylic acids is 1. The number of methoxy groups -OCH3 is 1. The minimum atomic E-state index is -0.624. The van der Waals surface area contributed by atoms with Gasteiger partial charge in [-0.25, -0.2) is 9.36 Å². The molecule has 0 aliphatic heterocycles. The van der Waals surface area contributed by atoms with Crippen LogP contribution in [0, 0.1) is 0 Å². The molecular weight excluding hydrogens is 420 g/mol. The van der Waals surface area contributed by atoms with Crippen LogP contribution in [0.5, 0.6) is 6.01 Å². The Morgan fingerprint density at radius 3 is 2.13 bits per heavy atom. The largest absolute Gasteiger partial charge is 0.468 e. The van der Waals surface area contributed by atoms with Gasteiger partial charge in [0.1, 0.15) is 0 Å². The molecule has 0 radical (unpaired) electrons. The van der Waals surface area contributed by atoms with E-state index in [0.29, 0.717) is 17.0 Å². The maximum atomic E-state index is 13.3. The number of aromatic nitrogens is 4. The fourth-order valence-corrected chi connectivity index (χ4v) is 3.56. The lowest BCUT2D eigenvalue weighted by molar-refractivity contribution is 0.0954. The number of hydrogen-bond donors (Lipinski definition) is 0. The maximum absolute atomic E-state index is 13.3. The molecule has 31 heavy (non-hydrogen) atoms. The van der Waals surface area contributed by atoms with Gasteiger partial charge in [-0.1, -0.05) is 35.9 Å². The van der Waals surface area contributed by atoms with Crippen molar-refractivity contribution in [3.05, 3.63) is 91.1 Å². The van der Waals surface area contributed by atoms with Crippen LogP contribution in [0.4, 0.5) is 0 Å². The number of imidazole rings is 1. The van der Waals surface area contributed by atoms with E-state index in [0.717, 1.165) is 20.3 Å². The van der Waals surface area contributed by atoms with E-state index in [-0.39, 0.29) is 17.2 Å². The normalized spacial score (nSPS) is 11.1. The number of hydrogen-bond acceptors (Lipinski definition) is 5. The molecule has 2 aromatic carbocycles. The fraction of sp³-hybridized carbons (Fsp3) is 0.182. The summed E-state index contributed by atoms with van der Waals surface area (Å²) < 4.78 is 8.47. The second-order valence-electron chi connectivity index (χ2n) is 7.12. The molecule has 0 spiro atoms. The average molecular weight is 439 g/mol. The summed E-state index contributed by atoms with van der Waals surface area (Å²) in [5.74, 6) is -0.479. The molecule has 0 saturated carbocycles. The molecule has 0 fully saturated rings. The molecular formula is C22H19ClN4O4. The summed E-state index contributed by atoms with van der Waals surface area (Å²) in [5.41, 5.74) is 1.36. The number of halogens is 1. The van der Waals surface area contributed by atoms with Crippen molar-refractivity contribution in [1.82, 2.24) is 18.7 Å². The zero-order valence-corrected chi connectivity index (χ0v) is 17.9. The zero-order chi connectivity index (χ0) is 22.3. The highest BCUT2D eigenvalue weighted by molar-refractivity contribution is 6.30. The standard InChI is InChI=1S/C22H19ClN4O4/c1-25-18-17(20(29)26(2)22(25)30)27(21(24-18)31-3)19(28)15-8-4-13(5-9-15)12-14-6-10-16(23)11-7-14/h4-11H,12H2,1-3H3. The van der Waals surface area contributed by atoms with Gasteiger partial charge in [0.25, 0.3) is 11.5 Å². The zero-order valence-electron chi connectivity index (χ0n) is 17.1. The van der Waals surface area contributed by atoms with Crippen LogP contribution in [0.3, 0.4) is 0 Å². The van der Waals surface area contributed by atoms with Gasteiger partial charge < -0.3 is 4.74 Å². The van der Waals surface area contributed by atoms with Crippen LogP contribution in [0.2, 0.25) is 5.02 Å². The quantitative estimate of drug-likeness (QED) is 0.488. The SMILES string of the molecule is COc1nc2c(c(=O)n(C)c(=O)n2C)n1C(=O)c1ccc(Cc2ccc(Cl)cc2)cc1. The third-order valence-corrected chi connectivity index (χ3v) is 5.39. The Bertz CT molecular complexity index is 1410. The highest BCUT2D eigenvalue weighted by Crippen LogP contribution is 2.20. The Hall–Kier alpha value is -3.65. The molecule has 0 amide bonds. The van der Waals surface area contributed by atoms with Crippen molar-refractivity contribution in [3.8, 4) is 6.01 Å². The Morgan fingerprint density at radius 1 is 0.968 bits per heavy atom. The Labute approximate surface area is 181 Å². The van der Waals surface area contributed by atoms with Gasteiger partial charge in [0, 0.05) is 24.7 Å². The fourth-order valence-electron chi connectivity index (χ4n) is 3.43. The number of ether oxygens (including phenoxy) is 1. The molecule has 0 aliphatic rings. The average Bonchev–Trinajstić information content (AvgIpc) is 3.17. The molecule has 4 aromatic rings. The van der Waals surface area contributed by atoms with E-state index in [2.05, 4.69) is 4.98 Å². The number of rotatable bonds is 4. The van der Waals surface area contributed by atoms with E-state index < -0.39 is 17.2 Å². The maximum Gasteiger partial charge on any atom is 0.332 e. The van der Waals surface area contributed by atoms with Gasteiger partial charge in [0.05, 0.1) is 7.11 Å². The smallest absolute Gasteiger partial charge is 0.332 e. The number of nitrogens with zero attached hydrogens (tertiary/aromatic N) is 4. The summed E-state index contributed by atoms with van der Waals surface area (Å²) in [6.45, 7) is 0. The summed E-state index contributed by atoms with van der Waals surface area (Å²) in [7, 11) is 4.18. The van der Waals surface area contributed by atoms with Crippen molar-refractivity contribution in [1.29, 1.82) is 0 Å². The number of benzene rings is 2. The molecule has 0 aliphatic carbocycles. The summed E-state index contributed by atoms with van der Waals surface area (Å²) >= 11 is 5.93. The van der Waals surface area contributed by atoms with Crippen molar-refractivity contribution in [2.45, 2.75) is 6.42 Å². The molecule has 8 nitrogen and oxygen atoms in total. The predicted octanol–water partition coefficient (Wildman–Crippen LogP) is 2.38. The third-order valence-electron chi connectivity index (χ3n) is 5.14. The minimum Gasteiger partial charge on any atom is -0.468 e. The Kier molecular flexibility index (Phi) is 5.24. The lowest BCUT2D eigenvalue weighted by Gasteiger charge is -2.08. The van der Waals surface area contributed by atoms with Gasteiger partial charge >= 0.3 is 11.7 Å². The van der Waals surface area contributed by atoms with Crippen LogP contribution in [0.15, 0.2) is 58.1 Å². The predicted molar refractivity (Wildman–Crippen MR) is 117 cm³/mol. The van der Waals surface area contributed by atoms with Crippen molar-refractivity contribution in [2.75, 3.05) is 7.11 Å². The van der Waals surface area contributed by atoms with Crippen molar-refractivity contribution in [3.63, 3.8) is 0 Å². The van der Waals surface area contributed by atoms with Crippen LogP contribution in [-0.4, -0.2) is 31.7 Å².